The van der Waals surface area contributed by atoms with E-state index in [4.69, 9.17) is 4.42 Å². The number of hydrogen-bond acceptors (Lipinski definition) is 6. The second kappa shape index (κ2) is 6.35. The number of carbonyl (C=O) groups is 2. The fourth-order valence-electron chi connectivity index (χ4n) is 1.63. The Morgan fingerprint density at radius 3 is 2.59 bits per heavy atom. The highest BCUT2D eigenvalue weighted by atomic mass is 16.6. The first-order valence-electron chi connectivity index (χ1n) is 6.00. The number of nitrogens with zero attached hydrogens (tertiary/aromatic N) is 1. The highest BCUT2D eigenvalue weighted by Gasteiger charge is 2.12. The molecule has 1 aromatic carbocycles. The number of nitro groups is 1. The van der Waals surface area contributed by atoms with E-state index in [1.807, 2.05) is 0 Å². The van der Waals surface area contributed by atoms with Crippen LogP contribution in [0.3, 0.4) is 0 Å². The normalized spacial score (nSPS) is 11.0. The number of benzene rings is 1. The van der Waals surface area contributed by atoms with E-state index < -0.39 is 22.5 Å². The average Bonchev–Trinajstić information content (AvgIpc) is 3.01. The van der Waals surface area contributed by atoms with Crippen LogP contribution in [0.5, 0.6) is 0 Å². The molecule has 8 heteroatoms. The van der Waals surface area contributed by atoms with E-state index in [0.717, 1.165) is 6.08 Å². The molecule has 0 fully saturated rings. The van der Waals surface area contributed by atoms with Crippen LogP contribution in [0.25, 0.3) is 6.08 Å². The number of hydrogen-bond donors (Lipinski definition) is 1. The van der Waals surface area contributed by atoms with Crippen molar-refractivity contribution >= 4 is 23.6 Å². The standard InChI is InChI=1S/C14H10N2O6/c17-13(12-5-2-6-22-12)15-11(14(18)19)8-9-3-1-4-10(7-9)16(20)21/h1-8H,(H,15,17)(H,18,19)/p-1/b11-8+. The number of rotatable bonds is 5. The summed E-state index contributed by atoms with van der Waals surface area (Å²) in [5.74, 6) is -2.48. The van der Waals surface area contributed by atoms with Gasteiger partial charge < -0.3 is 19.6 Å². The lowest BCUT2D eigenvalue weighted by molar-refractivity contribution is -0.384. The average molecular weight is 301 g/mol. The molecule has 0 bridgehead atoms. The molecule has 0 spiro atoms. The van der Waals surface area contributed by atoms with Crippen molar-refractivity contribution in [1.29, 1.82) is 0 Å². The minimum Gasteiger partial charge on any atom is -0.543 e. The molecule has 1 aromatic heterocycles. The van der Waals surface area contributed by atoms with Gasteiger partial charge in [-0.25, -0.2) is 0 Å². The Labute approximate surface area is 123 Å². The number of nitro benzene ring substituents is 1. The van der Waals surface area contributed by atoms with Crippen molar-refractivity contribution < 1.29 is 24.0 Å². The van der Waals surface area contributed by atoms with Crippen LogP contribution in [0.4, 0.5) is 5.69 Å². The first kappa shape index (κ1) is 15.0. The minimum atomic E-state index is -1.63. The number of furan rings is 1. The number of aliphatic carboxylic acids is 1. The molecular formula is C14H9N2O6-. The molecular weight excluding hydrogens is 292 g/mol. The lowest BCUT2D eigenvalue weighted by atomic mass is 10.1. The topological polar surface area (TPSA) is 126 Å². The van der Waals surface area contributed by atoms with E-state index in [2.05, 4.69) is 5.32 Å². The predicted molar refractivity (Wildman–Crippen MR) is 72.3 cm³/mol. The zero-order chi connectivity index (χ0) is 16.1. The molecule has 0 saturated carbocycles. The van der Waals surface area contributed by atoms with Crippen LogP contribution >= 0.6 is 0 Å². The molecule has 2 aromatic rings. The van der Waals surface area contributed by atoms with Crippen LogP contribution in [-0.4, -0.2) is 16.8 Å². The van der Waals surface area contributed by atoms with Gasteiger partial charge >= 0.3 is 0 Å². The number of carbonyl (C=O) groups excluding carboxylic acids is 2. The van der Waals surface area contributed by atoms with Crippen molar-refractivity contribution in [2.24, 2.45) is 0 Å². The van der Waals surface area contributed by atoms with Gasteiger partial charge in [-0.15, -0.1) is 0 Å². The summed E-state index contributed by atoms with van der Waals surface area (Å²) in [6.07, 6.45) is 2.32. The van der Waals surface area contributed by atoms with Gasteiger partial charge in [0.25, 0.3) is 11.6 Å². The zero-order valence-corrected chi connectivity index (χ0v) is 11.0. The quantitative estimate of drug-likeness (QED) is 0.492. The van der Waals surface area contributed by atoms with Crippen molar-refractivity contribution in [2.75, 3.05) is 0 Å². The number of carboxylic acids is 1. The fraction of sp³-hybridized carbons (Fsp3) is 0. The number of non-ortho nitro benzene ring substituents is 1. The number of carboxylic acid groups (broad SMARTS) is 1. The van der Waals surface area contributed by atoms with Gasteiger partial charge in [0, 0.05) is 12.1 Å². The molecule has 2 rings (SSSR count). The van der Waals surface area contributed by atoms with E-state index in [1.165, 1.54) is 42.7 Å². The van der Waals surface area contributed by atoms with Crippen molar-refractivity contribution in [2.45, 2.75) is 0 Å². The van der Waals surface area contributed by atoms with Gasteiger partial charge in [0.05, 0.1) is 22.9 Å². The largest absolute Gasteiger partial charge is 0.543 e. The lowest BCUT2D eigenvalue weighted by Gasteiger charge is -2.09. The van der Waals surface area contributed by atoms with E-state index in [9.17, 15) is 24.8 Å². The summed E-state index contributed by atoms with van der Waals surface area (Å²) in [5, 5.41) is 23.9. The smallest absolute Gasteiger partial charge is 0.291 e. The maximum absolute atomic E-state index is 11.7. The SMILES string of the molecule is O=C([O-])/C(=C\c1cccc([N+](=O)[O-])c1)NC(=O)c1ccco1. The molecule has 22 heavy (non-hydrogen) atoms. The molecule has 112 valence electrons. The summed E-state index contributed by atoms with van der Waals surface area (Å²) in [6.45, 7) is 0. The molecule has 8 nitrogen and oxygen atoms in total. The van der Waals surface area contributed by atoms with Crippen LogP contribution in [0.1, 0.15) is 16.1 Å². The summed E-state index contributed by atoms with van der Waals surface area (Å²) >= 11 is 0. The Hall–Kier alpha value is -3.42. The minimum absolute atomic E-state index is 0.0776. The third-order valence-electron chi connectivity index (χ3n) is 2.61. The second-order valence-electron chi connectivity index (χ2n) is 4.13. The van der Waals surface area contributed by atoms with Crippen LogP contribution in [0.15, 0.2) is 52.8 Å². The molecule has 0 aliphatic carbocycles. The summed E-state index contributed by atoms with van der Waals surface area (Å²) < 4.78 is 4.83. The summed E-state index contributed by atoms with van der Waals surface area (Å²) in [5.41, 5.74) is -0.515. The predicted octanol–water partition coefficient (Wildman–Crippen LogP) is 0.709. The third-order valence-corrected chi connectivity index (χ3v) is 2.61. The number of amides is 1. The molecule has 1 heterocycles. The van der Waals surface area contributed by atoms with Gasteiger partial charge in [0.1, 0.15) is 0 Å². The molecule has 0 saturated heterocycles. The Morgan fingerprint density at radius 2 is 2.00 bits per heavy atom. The maximum Gasteiger partial charge on any atom is 0.291 e. The lowest BCUT2D eigenvalue weighted by Crippen LogP contribution is -2.35. The monoisotopic (exact) mass is 301 g/mol. The molecule has 1 amide bonds. The highest BCUT2D eigenvalue weighted by Crippen LogP contribution is 2.15. The van der Waals surface area contributed by atoms with Gasteiger partial charge in [0.2, 0.25) is 0 Å². The molecule has 0 aliphatic heterocycles. The second-order valence-corrected chi connectivity index (χ2v) is 4.13. The van der Waals surface area contributed by atoms with Crippen LogP contribution in [0, 0.1) is 10.1 Å². The van der Waals surface area contributed by atoms with E-state index in [-0.39, 0.29) is 17.0 Å². The van der Waals surface area contributed by atoms with E-state index in [0.29, 0.717) is 0 Å². The molecule has 1 N–H and O–H groups in total. The Kier molecular flexibility index (Phi) is 4.33. The number of nitrogens with one attached hydrogen (secondary N) is 1. The van der Waals surface area contributed by atoms with Crippen molar-refractivity contribution in [3.63, 3.8) is 0 Å². The van der Waals surface area contributed by atoms with Gasteiger partial charge in [-0.1, -0.05) is 12.1 Å². The zero-order valence-electron chi connectivity index (χ0n) is 11.0. The first-order chi connectivity index (χ1) is 10.5. The molecule has 0 atom stereocenters. The van der Waals surface area contributed by atoms with Crippen molar-refractivity contribution in [3.05, 3.63) is 69.8 Å². The van der Waals surface area contributed by atoms with E-state index in [1.54, 1.807) is 0 Å². The van der Waals surface area contributed by atoms with E-state index >= 15 is 0 Å². The summed E-state index contributed by atoms with van der Waals surface area (Å²) in [4.78, 5) is 32.9. The fourth-order valence-corrected chi connectivity index (χ4v) is 1.63. The van der Waals surface area contributed by atoms with Crippen molar-refractivity contribution in [1.82, 2.24) is 5.32 Å². The summed E-state index contributed by atoms with van der Waals surface area (Å²) in [7, 11) is 0. The van der Waals surface area contributed by atoms with Gasteiger partial charge in [-0.3, -0.25) is 14.9 Å². The molecule has 0 aliphatic rings. The summed E-state index contributed by atoms with van der Waals surface area (Å²) in [6, 6.07) is 8.10. The highest BCUT2D eigenvalue weighted by molar-refractivity contribution is 6.00. The van der Waals surface area contributed by atoms with Gasteiger partial charge in [-0.05, 0) is 23.8 Å². The molecule has 0 unspecified atom stereocenters. The van der Waals surface area contributed by atoms with Crippen LogP contribution < -0.4 is 10.4 Å². The van der Waals surface area contributed by atoms with Crippen LogP contribution in [-0.2, 0) is 4.79 Å². The molecule has 0 radical (unpaired) electrons. The van der Waals surface area contributed by atoms with Gasteiger partial charge in [0.15, 0.2) is 5.76 Å². The Bertz CT molecular complexity index is 748. The van der Waals surface area contributed by atoms with Crippen LogP contribution in [0.2, 0.25) is 0 Å². The van der Waals surface area contributed by atoms with Crippen molar-refractivity contribution in [3.8, 4) is 0 Å². The Morgan fingerprint density at radius 1 is 1.23 bits per heavy atom. The van der Waals surface area contributed by atoms with Gasteiger partial charge in [-0.2, -0.15) is 0 Å². The maximum atomic E-state index is 11.7. The Balaban J connectivity index is 2.27. The first-order valence-corrected chi connectivity index (χ1v) is 6.00. The third kappa shape index (κ3) is 3.57.